The van der Waals surface area contributed by atoms with Crippen molar-refractivity contribution < 1.29 is 0 Å². The third-order valence-corrected chi connectivity index (χ3v) is 3.23. The highest BCUT2D eigenvalue weighted by atomic mass is 16.1. The summed E-state index contributed by atoms with van der Waals surface area (Å²) in [6.45, 7) is 9.30. The van der Waals surface area contributed by atoms with Crippen LogP contribution in [0.25, 0.3) is 12.2 Å². The van der Waals surface area contributed by atoms with E-state index in [4.69, 9.17) is 0 Å². The lowest BCUT2D eigenvalue weighted by molar-refractivity contribution is 0.356. The molecule has 18 heavy (non-hydrogen) atoms. The number of piperidine rings is 1. The van der Waals surface area contributed by atoms with E-state index in [1.165, 1.54) is 0 Å². The standard InChI is InChI=1S/C14H19N3O/c1-3-5-12-13(6-4-2)17(14(18)16-12)11-7-9-15-10-8-11/h3-6,11,15H,1-2,7-10H2,(H,16,18)/b12-5+,13-6+. The Labute approximate surface area is 106 Å². The van der Waals surface area contributed by atoms with Crippen LogP contribution < -0.4 is 21.7 Å². The number of nitrogens with zero attached hydrogens (tertiary/aromatic N) is 1. The Morgan fingerprint density at radius 2 is 1.83 bits per heavy atom. The number of allylic oxidation sites excluding steroid dienone is 2. The van der Waals surface area contributed by atoms with Gasteiger partial charge < -0.3 is 10.3 Å². The van der Waals surface area contributed by atoms with Crippen LogP contribution in [0.1, 0.15) is 18.9 Å². The molecule has 2 rings (SSSR count). The van der Waals surface area contributed by atoms with Crippen LogP contribution in [-0.2, 0) is 0 Å². The number of H-pyrrole nitrogens is 1. The van der Waals surface area contributed by atoms with Crippen LogP contribution in [0.4, 0.5) is 0 Å². The quantitative estimate of drug-likeness (QED) is 0.789. The first-order chi connectivity index (χ1) is 8.77. The van der Waals surface area contributed by atoms with Crippen LogP contribution in [0.3, 0.4) is 0 Å². The van der Waals surface area contributed by atoms with Gasteiger partial charge in [0.1, 0.15) is 0 Å². The fourth-order valence-corrected chi connectivity index (χ4v) is 2.43. The fourth-order valence-electron chi connectivity index (χ4n) is 2.43. The molecule has 0 aliphatic carbocycles. The van der Waals surface area contributed by atoms with Gasteiger partial charge in [0, 0.05) is 6.04 Å². The largest absolute Gasteiger partial charge is 0.326 e. The minimum Gasteiger partial charge on any atom is -0.317 e. The summed E-state index contributed by atoms with van der Waals surface area (Å²) < 4.78 is 1.85. The fraction of sp³-hybridized carbons (Fsp3) is 0.357. The molecule has 0 atom stereocenters. The highest BCUT2D eigenvalue weighted by Gasteiger charge is 2.17. The first kappa shape index (κ1) is 12.6. The van der Waals surface area contributed by atoms with Gasteiger partial charge in [-0.3, -0.25) is 4.57 Å². The lowest BCUT2D eigenvalue weighted by Crippen LogP contribution is -2.40. The van der Waals surface area contributed by atoms with Crippen molar-refractivity contribution in [3.05, 3.63) is 46.5 Å². The van der Waals surface area contributed by atoms with E-state index in [0.717, 1.165) is 36.6 Å². The summed E-state index contributed by atoms with van der Waals surface area (Å²) in [7, 11) is 0. The minimum atomic E-state index is -0.0527. The molecule has 2 N–H and O–H groups in total. The van der Waals surface area contributed by atoms with Crippen LogP contribution in [0.2, 0.25) is 0 Å². The van der Waals surface area contributed by atoms with Gasteiger partial charge in [0.2, 0.25) is 0 Å². The van der Waals surface area contributed by atoms with Crippen molar-refractivity contribution in [2.24, 2.45) is 0 Å². The Balaban J connectivity index is 2.62. The highest BCUT2D eigenvalue weighted by Crippen LogP contribution is 2.13. The minimum absolute atomic E-state index is 0.0527. The summed E-state index contributed by atoms with van der Waals surface area (Å²) in [5.41, 5.74) is -0.0527. The van der Waals surface area contributed by atoms with Crippen molar-refractivity contribution in [1.82, 2.24) is 14.9 Å². The molecule has 96 valence electrons. The Morgan fingerprint density at radius 1 is 1.17 bits per heavy atom. The summed E-state index contributed by atoms with van der Waals surface area (Å²) in [6, 6.07) is 0.258. The first-order valence-corrected chi connectivity index (χ1v) is 6.24. The number of imidazole rings is 1. The lowest BCUT2D eigenvalue weighted by Gasteiger charge is -2.23. The molecule has 0 unspecified atom stereocenters. The summed E-state index contributed by atoms with van der Waals surface area (Å²) in [5.74, 6) is 0. The molecule has 0 amide bonds. The molecular weight excluding hydrogens is 226 g/mol. The molecule has 0 bridgehead atoms. The maximum absolute atomic E-state index is 12.1. The van der Waals surface area contributed by atoms with Crippen LogP contribution in [0.15, 0.2) is 30.1 Å². The maximum Gasteiger partial charge on any atom is 0.326 e. The van der Waals surface area contributed by atoms with E-state index in [1.807, 2.05) is 16.7 Å². The zero-order chi connectivity index (χ0) is 13.0. The molecule has 0 spiro atoms. The second kappa shape index (κ2) is 5.69. The molecule has 4 nitrogen and oxygen atoms in total. The summed E-state index contributed by atoms with van der Waals surface area (Å²) in [6.07, 6.45) is 9.02. The number of aromatic nitrogens is 2. The van der Waals surface area contributed by atoms with E-state index in [-0.39, 0.29) is 11.7 Å². The van der Waals surface area contributed by atoms with Crippen LogP contribution in [0, 0.1) is 0 Å². The van der Waals surface area contributed by atoms with E-state index in [9.17, 15) is 4.79 Å². The average Bonchev–Trinajstić information content (AvgIpc) is 2.68. The molecular formula is C14H19N3O. The number of hydrogen-bond donors (Lipinski definition) is 2. The van der Waals surface area contributed by atoms with Gasteiger partial charge in [-0.05, 0) is 38.1 Å². The molecule has 1 aromatic heterocycles. The second-order valence-electron chi connectivity index (χ2n) is 4.38. The van der Waals surface area contributed by atoms with Gasteiger partial charge >= 0.3 is 5.69 Å². The van der Waals surface area contributed by atoms with E-state index < -0.39 is 0 Å². The molecule has 2 heterocycles. The van der Waals surface area contributed by atoms with Crippen LogP contribution in [0.5, 0.6) is 0 Å². The summed E-state index contributed by atoms with van der Waals surface area (Å²) in [4.78, 5) is 15.0. The molecule has 0 radical (unpaired) electrons. The third-order valence-electron chi connectivity index (χ3n) is 3.23. The van der Waals surface area contributed by atoms with Crippen LogP contribution in [-0.4, -0.2) is 22.6 Å². The van der Waals surface area contributed by atoms with Gasteiger partial charge in [-0.2, -0.15) is 0 Å². The monoisotopic (exact) mass is 245 g/mol. The zero-order valence-corrected chi connectivity index (χ0v) is 10.5. The number of aromatic amines is 1. The zero-order valence-electron chi connectivity index (χ0n) is 10.5. The van der Waals surface area contributed by atoms with Crippen molar-refractivity contribution in [2.75, 3.05) is 13.1 Å². The van der Waals surface area contributed by atoms with Gasteiger partial charge in [-0.1, -0.05) is 25.3 Å². The van der Waals surface area contributed by atoms with Gasteiger partial charge in [-0.25, -0.2) is 4.79 Å². The Kier molecular flexibility index (Phi) is 3.99. The lowest BCUT2D eigenvalue weighted by atomic mass is 10.1. The normalized spacial score (nSPS) is 19.1. The molecule has 0 aromatic carbocycles. The number of hydrogen-bond acceptors (Lipinski definition) is 2. The van der Waals surface area contributed by atoms with Gasteiger partial charge in [0.25, 0.3) is 0 Å². The molecule has 1 fully saturated rings. The Bertz CT molecular complexity index is 600. The van der Waals surface area contributed by atoms with Gasteiger partial charge in [-0.15, -0.1) is 0 Å². The summed E-state index contributed by atoms with van der Waals surface area (Å²) in [5, 5.41) is 5.00. The molecule has 1 aliphatic heterocycles. The number of rotatable bonds is 3. The predicted octanol–water partition coefficient (Wildman–Crippen LogP) is 0.0339. The first-order valence-electron chi connectivity index (χ1n) is 6.24. The van der Waals surface area contributed by atoms with E-state index in [0.29, 0.717) is 0 Å². The molecule has 1 aromatic rings. The average molecular weight is 245 g/mol. The SMILES string of the molecule is C=C/C=c1/[nH]c(=O)n(C2CCNCC2)/c1=C/C=C. The van der Waals surface area contributed by atoms with Crippen molar-refractivity contribution >= 4 is 12.2 Å². The van der Waals surface area contributed by atoms with Crippen molar-refractivity contribution in [3.8, 4) is 0 Å². The second-order valence-corrected chi connectivity index (χ2v) is 4.38. The van der Waals surface area contributed by atoms with Crippen LogP contribution >= 0.6 is 0 Å². The molecule has 1 saturated heterocycles. The van der Waals surface area contributed by atoms with Crippen molar-refractivity contribution in [3.63, 3.8) is 0 Å². The van der Waals surface area contributed by atoms with Crippen molar-refractivity contribution in [2.45, 2.75) is 18.9 Å². The van der Waals surface area contributed by atoms with E-state index in [2.05, 4.69) is 23.5 Å². The molecule has 1 aliphatic rings. The van der Waals surface area contributed by atoms with Crippen molar-refractivity contribution in [1.29, 1.82) is 0 Å². The predicted molar refractivity (Wildman–Crippen MR) is 74.8 cm³/mol. The maximum atomic E-state index is 12.1. The summed E-state index contributed by atoms with van der Waals surface area (Å²) >= 11 is 0. The highest BCUT2D eigenvalue weighted by molar-refractivity contribution is 5.38. The van der Waals surface area contributed by atoms with E-state index >= 15 is 0 Å². The Hall–Kier alpha value is -1.81. The number of nitrogens with one attached hydrogen (secondary N) is 2. The Morgan fingerprint density at radius 3 is 2.44 bits per heavy atom. The van der Waals surface area contributed by atoms with Gasteiger partial charge in [0.05, 0.1) is 10.7 Å². The van der Waals surface area contributed by atoms with Gasteiger partial charge in [0.15, 0.2) is 0 Å². The van der Waals surface area contributed by atoms with E-state index in [1.54, 1.807) is 12.2 Å². The smallest absolute Gasteiger partial charge is 0.317 e. The molecule has 0 saturated carbocycles. The molecule has 4 heteroatoms. The third kappa shape index (κ3) is 2.38. The topological polar surface area (TPSA) is 49.8 Å².